The van der Waals surface area contributed by atoms with Crippen LogP contribution in [0.15, 0.2) is 36.7 Å². The SMILES string of the molecule is NC1(c2cccc3cnccc23)CCC1. The molecule has 1 fully saturated rings. The topological polar surface area (TPSA) is 38.9 Å². The standard InChI is InChI=1S/C13H14N2/c14-13(6-2-7-13)12-4-1-3-10-9-15-8-5-11(10)12/h1,3-5,8-9H,2,6-7,14H2. The molecule has 3 rings (SSSR count). The molecule has 2 N–H and O–H groups in total. The van der Waals surface area contributed by atoms with Crippen LogP contribution in [0.2, 0.25) is 0 Å². The lowest BCUT2D eigenvalue weighted by atomic mass is 9.71. The zero-order valence-corrected chi connectivity index (χ0v) is 8.61. The molecular formula is C13H14N2. The van der Waals surface area contributed by atoms with Gasteiger partial charge in [-0.05, 0) is 36.3 Å². The first-order valence-corrected chi connectivity index (χ1v) is 5.42. The van der Waals surface area contributed by atoms with Gasteiger partial charge in [-0.2, -0.15) is 0 Å². The maximum absolute atomic E-state index is 6.37. The molecule has 0 bridgehead atoms. The highest BCUT2D eigenvalue weighted by molar-refractivity contribution is 5.85. The van der Waals surface area contributed by atoms with E-state index in [1.54, 1.807) is 0 Å². The number of nitrogens with zero attached hydrogens (tertiary/aromatic N) is 1. The zero-order valence-electron chi connectivity index (χ0n) is 8.61. The van der Waals surface area contributed by atoms with Crippen LogP contribution in [0.1, 0.15) is 24.8 Å². The van der Waals surface area contributed by atoms with Gasteiger partial charge >= 0.3 is 0 Å². The molecule has 1 saturated carbocycles. The van der Waals surface area contributed by atoms with E-state index < -0.39 is 0 Å². The normalized spacial score (nSPS) is 18.7. The highest BCUT2D eigenvalue weighted by atomic mass is 14.8. The molecule has 1 aliphatic carbocycles. The van der Waals surface area contributed by atoms with Crippen LogP contribution >= 0.6 is 0 Å². The van der Waals surface area contributed by atoms with Crippen LogP contribution in [0.25, 0.3) is 10.8 Å². The van der Waals surface area contributed by atoms with Gasteiger partial charge in [-0.15, -0.1) is 0 Å². The summed E-state index contributed by atoms with van der Waals surface area (Å²) in [6.45, 7) is 0. The number of fused-ring (bicyclic) bond motifs is 1. The van der Waals surface area contributed by atoms with Gasteiger partial charge in [-0.3, -0.25) is 4.98 Å². The van der Waals surface area contributed by atoms with Crippen molar-refractivity contribution in [2.75, 3.05) is 0 Å². The number of aromatic nitrogens is 1. The Morgan fingerprint density at radius 2 is 2.07 bits per heavy atom. The minimum Gasteiger partial charge on any atom is -0.321 e. The Hall–Kier alpha value is -1.41. The maximum atomic E-state index is 6.37. The molecule has 2 nitrogen and oxygen atoms in total. The van der Waals surface area contributed by atoms with E-state index in [1.807, 2.05) is 12.4 Å². The smallest absolute Gasteiger partial charge is 0.0415 e. The largest absolute Gasteiger partial charge is 0.321 e. The van der Waals surface area contributed by atoms with Crippen molar-refractivity contribution in [3.05, 3.63) is 42.2 Å². The number of pyridine rings is 1. The average molecular weight is 198 g/mol. The first-order valence-electron chi connectivity index (χ1n) is 5.42. The van der Waals surface area contributed by atoms with Gasteiger partial charge in [0.1, 0.15) is 0 Å². The summed E-state index contributed by atoms with van der Waals surface area (Å²) < 4.78 is 0. The van der Waals surface area contributed by atoms with E-state index in [0.717, 1.165) is 12.8 Å². The van der Waals surface area contributed by atoms with E-state index >= 15 is 0 Å². The molecule has 0 unspecified atom stereocenters. The van der Waals surface area contributed by atoms with Crippen LogP contribution in [0.5, 0.6) is 0 Å². The van der Waals surface area contributed by atoms with E-state index in [9.17, 15) is 0 Å². The van der Waals surface area contributed by atoms with E-state index in [4.69, 9.17) is 5.73 Å². The van der Waals surface area contributed by atoms with Crippen molar-refractivity contribution in [1.82, 2.24) is 4.98 Å². The van der Waals surface area contributed by atoms with Gasteiger partial charge in [-0.1, -0.05) is 18.2 Å². The van der Waals surface area contributed by atoms with Crippen LogP contribution in [-0.4, -0.2) is 4.98 Å². The molecule has 0 amide bonds. The van der Waals surface area contributed by atoms with E-state index in [1.165, 1.54) is 22.8 Å². The van der Waals surface area contributed by atoms with Crippen molar-refractivity contribution in [2.24, 2.45) is 5.73 Å². The molecule has 0 atom stereocenters. The fourth-order valence-electron chi connectivity index (χ4n) is 2.38. The summed E-state index contributed by atoms with van der Waals surface area (Å²) >= 11 is 0. The molecule has 0 radical (unpaired) electrons. The zero-order chi connectivity index (χ0) is 10.3. The third-order valence-corrected chi connectivity index (χ3v) is 3.46. The van der Waals surface area contributed by atoms with Gasteiger partial charge in [0.25, 0.3) is 0 Å². The minimum absolute atomic E-state index is 0.0825. The van der Waals surface area contributed by atoms with E-state index in [2.05, 4.69) is 29.2 Å². The second-order valence-corrected chi connectivity index (χ2v) is 4.41. The van der Waals surface area contributed by atoms with Crippen molar-refractivity contribution in [2.45, 2.75) is 24.8 Å². The van der Waals surface area contributed by atoms with Gasteiger partial charge in [-0.25, -0.2) is 0 Å². The quantitative estimate of drug-likeness (QED) is 0.764. The Balaban J connectivity index is 2.26. The Morgan fingerprint density at radius 3 is 2.80 bits per heavy atom. The average Bonchev–Trinajstić information content (AvgIpc) is 2.25. The molecule has 15 heavy (non-hydrogen) atoms. The summed E-state index contributed by atoms with van der Waals surface area (Å²) in [6, 6.07) is 8.39. The van der Waals surface area contributed by atoms with Crippen molar-refractivity contribution >= 4 is 10.8 Å². The first kappa shape index (κ1) is 8.86. The molecule has 1 aromatic heterocycles. The van der Waals surface area contributed by atoms with Gasteiger partial charge in [0.05, 0.1) is 0 Å². The van der Waals surface area contributed by atoms with Crippen molar-refractivity contribution in [3.8, 4) is 0 Å². The molecule has 0 saturated heterocycles. The third kappa shape index (κ3) is 1.25. The maximum Gasteiger partial charge on any atom is 0.0415 e. The minimum atomic E-state index is -0.0825. The predicted molar refractivity (Wildman–Crippen MR) is 61.5 cm³/mol. The summed E-state index contributed by atoms with van der Waals surface area (Å²) in [7, 11) is 0. The molecule has 2 heteroatoms. The molecular weight excluding hydrogens is 184 g/mol. The fourth-order valence-corrected chi connectivity index (χ4v) is 2.38. The summed E-state index contributed by atoms with van der Waals surface area (Å²) in [4.78, 5) is 4.14. The van der Waals surface area contributed by atoms with Crippen molar-refractivity contribution < 1.29 is 0 Å². The molecule has 1 aliphatic rings. The Kier molecular flexibility index (Phi) is 1.80. The second kappa shape index (κ2) is 3.04. The van der Waals surface area contributed by atoms with Crippen molar-refractivity contribution in [1.29, 1.82) is 0 Å². The molecule has 1 aromatic carbocycles. The van der Waals surface area contributed by atoms with Crippen LogP contribution in [0.4, 0.5) is 0 Å². The van der Waals surface area contributed by atoms with Crippen LogP contribution in [0, 0.1) is 0 Å². The fraction of sp³-hybridized carbons (Fsp3) is 0.308. The lowest BCUT2D eigenvalue weighted by Crippen LogP contribution is -2.43. The molecule has 1 heterocycles. The highest BCUT2D eigenvalue weighted by Crippen LogP contribution is 2.41. The Bertz CT molecular complexity index is 495. The summed E-state index contributed by atoms with van der Waals surface area (Å²) in [5, 5.41) is 2.45. The van der Waals surface area contributed by atoms with Gasteiger partial charge in [0.2, 0.25) is 0 Å². The number of rotatable bonds is 1. The van der Waals surface area contributed by atoms with Gasteiger partial charge in [0, 0.05) is 23.3 Å². The number of benzene rings is 1. The Morgan fingerprint density at radius 1 is 1.20 bits per heavy atom. The number of hydrogen-bond acceptors (Lipinski definition) is 2. The summed E-state index contributed by atoms with van der Waals surface area (Å²) in [6.07, 6.45) is 7.20. The number of nitrogens with two attached hydrogens (primary N) is 1. The van der Waals surface area contributed by atoms with Crippen LogP contribution in [-0.2, 0) is 5.54 Å². The molecule has 2 aromatic rings. The lowest BCUT2D eigenvalue weighted by Gasteiger charge is -2.39. The molecule has 76 valence electrons. The van der Waals surface area contributed by atoms with Crippen LogP contribution in [0.3, 0.4) is 0 Å². The lowest BCUT2D eigenvalue weighted by molar-refractivity contribution is 0.256. The first-order chi connectivity index (χ1) is 7.30. The second-order valence-electron chi connectivity index (χ2n) is 4.41. The van der Waals surface area contributed by atoms with Crippen LogP contribution < -0.4 is 5.73 Å². The van der Waals surface area contributed by atoms with Gasteiger partial charge < -0.3 is 5.73 Å². The highest BCUT2D eigenvalue weighted by Gasteiger charge is 2.35. The summed E-state index contributed by atoms with van der Waals surface area (Å²) in [5.74, 6) is 0. The Labute approximate surface area is 89.1 Å². The summed E-state index contributed by atoms with van der Waals surface area (Å²) in [5.41, 5.74) is 7.57. The predicted octanol–water partition coefficient (Wildman–Crippen LogP) is 2.57. The number of hydrogen-bond donors (Lipinski definition) is 1. The van der Waals surface area contributed by atoms with Gasteiger partial charge in [0.15, 0.2) is 0 Å². The molecule has 0 spiro atoms. The van der Waals surface area contributed by atoms with E-state index in [-0.39, 0.29) is 5.54 Å². The van der Waals surface area contributed by atoms with E-state index in [0.29, 0.717) is 0 Å². The van der Waals surface area contributed by atoms with Crippen molar-refractivity contribution in [3.63, 3.8) is 0 Å². The third-order valence-electron chi connectivity index (χ3n) is 3.46. The monoisotopic (exact) mass is 198 g/mol. The molecule has 0 aliphatic heterocycles.